The zero-order chi connectivity index (χ0) is 18.5. The molecule has 0 bridgehead atoms. The van der Waals surface area contributed by atoms with Gasteiger partial charge in [-0.25, -0.2) is 8.78 Å². The molecule has 5 heteroatoms. The van der Waals surface area contributed by atoms with Crippen molar-refractivity contribution in [2.24, 2.45) is 5.73 Å². The second-order valence-electron chi connectivity index (χ2n) is 6.93. The van der Waals surface area contributed by atoms with Crippen molar-refractivity contribution in [1.82, 2.24) is 5.32 Å². The third kappa shape index (κ3) is 4.40. The highest BCUT2D eigenvalue weighted by Crippen LogP contribution is 2.33. The maximum absolute atomic E-state index is 15.0. The average Bonchev–Trinajstić information content (AvgIpc) is 2.66. The molecule has 1 aliphatic carbocycles. The molecule has 1 saturated carbocycles. The van der Waals surface area contributed by atoms with Gasteiger partial charge in [0.1, 0.15) is 5.75 Å². The van der Waals surface area contributed by atoms with Crippen LogP contribution < -0.4 is 15.8 Å². The van der Waals surface area contributed by atoms with Gasteiger partial charge in [-0.15, -0.1) is 0 Å². The van der Waals surface area contributed by atoms with E-state index in [1.54, 1.807) is 24.3 Å². The fourth-order valence-electron chi connectivity index (χ4n) is 3.51. The van der Waals surface area contributed by atoms with Gasteiger partial charge in [-0.2, -0.15) is 0 Å². The number of benzene rings is 2. The van der Waals surface area contributed by atoms with Gasteiger partial charge in [0.25, 0.3) is 0 Å². The standard InChI is InChI=1S/C21H26F2N2O/c1-2-19(25-15-10-8-14(24)9-11-15)17-12-13-18(22)21(20(17)23)26-16-6-4-3-5-7-16/h3-7,12-15,19,25H,2,8-11,24H2,1H3/t14-,15-,19?. The Balaban J connectivity index is 1.80. The van der Waals surface area contributed by atoms with Crippen LogP contribution >= 0.6 is 0 Å². The summed E-state index contributed by atoms with van der Waals surface area (Å²) in [6.07, 6.45) is 4.61. The van der Waals surface area contributed by atoms with Crippen LogP contribution in [0.1, 0.15) is 50.6 Å². The molecule has 3 N–H and O–H groups in total. The lowest BCUT2D eigenvalue weighted by atomic mass is 9.90. The van der Waals surface area contributed by atoms with Crippen LogP contribution in [0, 0.1) is 11.6 Å². The van der Waals surface area contributed by atoms with E-state index in [-0.39, 0.29) is 17.8 Å². The van der Waals surface area contributed by atoms with Gasteiger partial charge in [-0.3, -0.25) is 0 Å². The summed E-state index contributed by atoms with van der Waals surface area (Å²) < 4.78 is 34.7. The fourth-order valence-corrected chi connectivity index (χ4v) is 3.51. The zero-order valence-electron chi connectivity index (χ0n) is 15.1. The Morgan fingerprint density at radius 3 is 2.42 bits per heavy atom. The maximum Gasteiger partial charge on any atom is 0.198 e. The normalized spacial score (nSPS) is 21.4. The molecule has 3 rings (SSSR count). The highest BCUT2D eigenvalue weighted by Gasteiger charge is 2.25. The number of nitrogens with two attached hydrogens (primary N) is 1. The predicted octanol–water partition coefficient (Wildman–Crippen LogP) is 5.07. The summed E-state index contributed by atoms with van der Waals surface area (Å²) in [4.78, 5) is 0. The van der Waals surface area contributed by atoms with Crippen LogP contribution in [0.15, 0.2) is 42.5 Å². The van der Waals surface area contributed by atoms with E-state index in [2.05, 4.69) is 5.32 Å². The summed E-state index contributed by atoms with van der Waals surface area (Å²) in [5.41, 5.74) is 6.40. The molecule has 0 aliphatic heterocycles. The molecular weight excluding hydrogens is 334 g/mol. The SMILES string of the molecule is CCC(N[C@H]1CC[C@H](N)CC1)c1ccc(F)c(Oc2ccccc2)c1F. The smallest absolute Gasteiger partial charge is 0.198 e. The number of hydrogen-bond acceptors (Lipinski definition) is 3. The van der Waals surface area contributed by atoms with Crippen LogP contribution in [-0.4, -0.2) is 12.1 Å². The molecular formula is C21H26F2N2O. The molecule has 0 spiro atoms. The Bertz CT molecular complexity index is 715. The van der Waals surface area contributed by atoms with Gasteiger partial charge in [0.05, 0.1) is 0 Å². The van der Waals surface area contributed by atoms with Gasteiger partial charge in [0, 0.05) is 23.7 Å². The van der Waals surface area contributed by atoms with Gasteiger partial charge >= 0.3 is 0 Å². The Kier molecular flexibility index (Phi) is 6.22. The topological polar surface area (TPSA) is 47.3 Å². The Hall–Kier alpha value is -1.98. The first-order chi connectivity index (χ1) is 12.6. The Morgan fingerprint density at radius 1 is 1.08 bits per heavy atom. The molecule has 0 aromatic heterocycles. The number of hydrogen-bond donors (Lipinski definition) is 2. The quantitative estimate of drug-likeness (QED) is 0.756. The minimum absolute atomic E-state index is 0.187. The van der Waals surface area contributed by atoms with Gasteiger partial charge in [-0.1, -0.05) is 31.2 Å². The van der Waals surface area contributed by atoms with Gasteiger partial charge < -0.3 is 15.8 Å². The molecule has 2 aromatic rings. The van der Waals surface area contributed by atoms with Crippen LogP contribution in [0.3, 0.4) is 0 Å². The van der Waals surface area contributed by atoms with Crippen LogP contribution in [0.5, 0.6) is 11.5 Å². The lowest BCUT2D eigenvalue weighted by Crippen LogP contribution is -2.39. The van der Waals surface area contributed by atoms with E-state index >= 15 is 4.39 Å². The second-order valence-corrected chi connectivity index (χ2v) is 6.93. The monoisotopic (exact) mass is 360 g/mol. The summed E-state index contributed by atoms with van der Waals surface area (Å²) in [5, 5.41) is 3.52. The Labute approximate surface area is 153 Å². The molecule has 0 heterocycles. The molecule has 0 amide bonds. The molecule has 1 aliphatic rings. The molecule has 140 valence electrons. The summed E-state index contributed by atoms with van der Waals surface area (Å²) in [6, 6.07) is 11.9. The van der Waals surface area contributed by atoms with Gasteiger partial charge in [0.15, 0.2) is 17.4 Å². The lowest BCUT2D eigenvalue weighted by molar-refractivity contribution is 0.307. The van der Waals surface area contributed by atoms with Crippen LogP contribution in [0.2, 0.25) is 0 Å². The molecule has 1 unspecified atom stereocenters. The maximum atomic E-state index is 15.0. The number of halogens is 2. The van der Waals surface area contributed by atoms with E-state index in [1.165, 1.54) is 12.1 Å². The summed E-state index contributed by atoms with van der Waals surface area (Å²) in [6.45, 7) is 1.99. The lowest BCUT2D eigenvalue weighted by Gasteiger charge is -2.31. The van der Waals surface area contributed by atoms with Crippen molar-refractivity contribution in [3.63, 3.8) is 0 Å². The second kappa shape index (κ2) is 8.60. The van der Waals surface area contributed by atoms with Crippen molar-refractivity contribution < 1.29 is 13.5 Å². The highest BCUT2D eigenvalue weighted by molar-refractivity contribution is 5.38. The molecule has 0 radical (unpaired) electrons. The van der Waals surface area contributed by atoms with Gasteiger partial charge in [-0.05, 0) is 50.3 Å². The number of rotatable bonds is 6. The van der Waals surface area contributed by atoms with Crippen molar-refractivity contribution in [3.8, 4) is 11.5 Å². The predicted molar refractivity (Wildman–Crippen MR) is 99.3 cm³/mol. The third-order valence-electron chi connectivity index (χ3n) is 5.03. The van der Waals surface area contributed by atoms with Crippen LogP contribution in [0.25, 0.3) is 0 Å². The first kappa shape index (κ1) is 18.8. The molecule has 0 saturated heterocycles. The molecule has 3 nitrogen and oxygen atoms in total. The zero-order valence-corrected chi connectivity index (χ0v) is 15.1. The average molecular weight is 360 g/mol. The van der Waals surface area contributed by atoms with E-state index in [4.69, 9.17) is 10.5 Å². The molecule has 1 fully saturated rings. The van der Waals surface area contributed by atoms with E-state index in [9.17, 15) is 4.39 Å². The van der Waals surface area contributed by atoms with Crippen molar-refractivity contribution in [1.29, 1.82) is 0 Å². The van der Waals surface area contributed by atoms with Crippen LogP contribution in [-0.2, 0) is 0 Å². The fraction of sp³-hybridized carbons (Fsp3) is 0.429. The summed E-state index contributed by atoms with van der Waals surface area (Å²) in [5.74, 6) is -1.28. The third-order valence-corrected chi connectivity index (χ3v) is 5.03. The number of nitrogens with one attached hydrogen (secondary N) is 1. The highest BCUT2D eigenvalue weighted by atomic mass is 19.1. The molecule has 2 aromatic carbocycles. The summed E-state index contributed by atoms with van der Waals surface area (Å²) in [7, 11) is 0. The largest absolute Gasteiger partial charge is 0.451 e. The molecule has 26 heavy (non-hydrogen) atoms. The summed E-state index contributed by atoms with van der Waals surface area (Å²) >= 11 is 0. The van der Waals surface area contributed by atoms with Crippen molar-refractivity contribution in [3.05, 3.63) is 59.7 Å². The van der Waals surface area contributed by atoms with E-state index < -0.39 is 11.6 Å². The molecule has 1 atom stereocenters. The van der Waals surface area contributed by atoms with E-state index in [0.717, 1.165) is 25.7 Å². The van der Waals surface area contributed by atoms with Crippen molar-refractivity contribution in [2.75, 3.05) is 0 Å². The Morgan fingerprint density at radius 2 is 1.77 bits per heavy atom. The minimum Gasteiger partial charge on any atom is -0.451 e. The van der Waals surface area contributed by atoms with Crippen molar-refractivity contribution in [2.45, 2.75) is 57.2 Å². The van der Waals surface area contributed by atoms with Crippen molar-refractivity contribution >= 4 is 0 Å². The van der Waals surface area contributed by atoms with Crippen LogP contribution in [0.4, 0.5) is 8.78 Å². The first-order valence-corrected chi connectivity index (χ1v) is 9.31. The minimum atomic E-state index is -0.700. The van der Waals surface area contributed by atoms with E-state index in [0.29, 0.717) is 23.8 Å². The van der Waals surface area contributed by atoms with Gasteiger partial charge in [0.2, 0.25) is 0 Å². The number of para-hydroxylation sites is 1. The number of ether oxygens (including phenoxy) is 1. The first-order valence-electron chi connectivity index (χ1n) is 9.31. The van der Waals surface area contributed by atoms with E-state index in [1.807, 2.05) is 13.0 Å².